The number of ether oxygens (including phenoxy) is 1. The third-order valence-electron chi connectivity index (χ3n) is 5.35. The Morgan fingerprint density at radius 1 is 1.16 bits per heavy atom. The molecule has 0 bridgehead atoms. The van der Waals surface area contributed by atoms with Crippen molar-refractivity contribution in [3.05, 3.63) is 53.6 Å². The highest BCUT2D eigenvalue weighted by atomic mass is 19.4. The molecule has 1 amide bonds. The first-order chi connectivity index (χ1) is 15.2. The number of phenolic OH excluding ortho intramolecular Hbond substituents is 1. The minimum Gasteiger partial charge on any atom is -0.508 e. The number of anilines is 1. The second-order valence-electron chi connectivity index (χ2n) is 8.10. The second kappa shape index (κ2) is 10.7. The molecule has 1 heterocycles. The Morgan fingerprint density at radius 2 is 1.88 bits per heavy atom. The molecule has 2 aromatic rings. The Kier molecular flexibility index (Phi) is 8.01. The van der Waals surface area contributed by atoms with E-state index < -0.39 is 12.7 Å². The van der Waals surface area contributed by atoms with Gasteiger partial charge in [-0.05, 0) is 73.6 Å². The summed E-state index contributed by atoms with van der Waals surface area (Å²) in [4.78, 5) is 13.4. The smallest absolute Gasteiger partial charge is 0.401 e. The molecule has 0 unspecified atom stereocenters. The number of hydrogen-bond acceptors (Lipinski definition) is 4. The molecule has 2 fully saturated rings. The summed E-state index contributed by atoms with van der Waals surface area (Å²) >= 11 is 0. The zero-order chi connectivity index (χ0) is 23.1. The van der Waals surface area contributed by atoms with E-state index in [2.05, 4.69) is 5.32 Å². The third-order valence-corrected chi connectivity index (χ3v) is 5.35. The Balaban J connectivity index is 0.000000238. The maximum Gasteiger partial charge on any atom is 0.401 e. The van der Waals surface area contributed by atoms with Gasteiger partial charge in [0.05, 0.1) is 6.54 Å². The third kappa shape index (κ3) is 7.44. The van der Waals surface area contributed by atoms with Crippen molar-refractivity contribution in [1.82, 2.24) is 5.32 Å². The van der Waals surface area contributed by atoms with Crippen LogP contribution in [0.5, 0.6) is 11.5 Å². The van der Waals surface area contributed by atoms with Gasteiger partial charge in [-0.2, -0.15) is 13.2 Å². The predicted octanol–water partition coefficient (Wildman–Crippen LogP) is 4.92. The Morgan fingerprint density at radius 3 is 2.44 bits per heavy atom. The zero-order valence-electron chi connectivity index (χ0n) is 18.1. The van der Waals surface area contributed by atoms with Gasteiger partial charge in [0.2, 0.25) is 5.91 Å². The second-order valence-corrected chi connectivity index (χ2v) is 8.10. The molecule has 174 valence electrons. The predicted molar refractivity (Wildman–Crippen MR) is 117 cm³/mol. The largest absolute Gasteiger partial charge is 0.508 e. The van der Waals surface area contributed by atoms with Crippen LogP contribution >= 0.6 is 0 Å². The molecule has 1 aliphatic carbocycles. The fourth-order valence-electron chi connectivity index (χ4n) is 3.51. The summed E-state index contributed by atoms with van der Waals surface area (Å²) in [5, 5.41) is 11.2. The van der Waals surface area contributed by atoms with Crippen molar-refractivity contribution < 1.29 is 27.8 Å². The number of aryl methyl sites for hydroxylation is 1. The lowest BCUT2D eigenvalue weighted by atomic mass is 10.1. The van der Waals surface area contributed by atoms with Crippen LogP contribution in [0.2, 0.25) is 0 Å². The van der Waals surface area contributed by atoms with Crippen molar-refractivity contribution >= 4 is 11.6 Å². The molecule has 1 saturated heterocycles. The molecule has 2 aliphatic rings. The molecule has 8 heteroatoms. The average molecular weight is 451 g/mol. The van der Waals surface area contributed by atoms with Gasteiger partial charge in [-0.15, -0.1) is 0 Å². The van der Waals surface area contributed by atoms with E-state index in [0.29, 0.717) is 17.9 Å². The quantitative estimate of drug-likeness (QED) is 0.588. The number of rotatable bonds is 7. The van der Waals surface area contributed by atoms with E-state index in [-0.39, 0.29) is 19.1 Å². The molecular formula is C24H29F3N2O3. The van der Waals surface area contributed by atoms with Crippen molar-refractivity contribution in [3.63, 3.8) is 0 Å². The normalized spacial score (nSPS) is 16.0. The summed E-state index contributed by atoms with van der Waals surface area (Å²) in [6, 6.07) is 12.9. The van der Waals surface area contributed by atoms with Crippen LogP contribution in [0.15, 0.2) is 42.5 Å². The summed E-state index contributed by atoms with van der Waals surface area (Å²) in [6.07, 6.45) is -0.126. The van der Waals surface area contributed by atoms with E-state index in [1.165, 1.54) is 18.4 Å². The molecule has 0 radical (unpaired) electrons. The lowest BCUT2D eigenvalue weighted by Crippen LogP contribution is -2.31. The number of nitrogens with zero attached hydrogens (tertiary/aromatic N) is 1. The molecule has 4 rings (SSSR count). The first-order valence-corrected chi connectivity index (χ1v) is 10.8. The lowest BCUT2D eigenvalue weighted by molar-refractivity contribution is -0.124. The van der Waals surface area contributed by atoms with Gasteiger partial charge in [0.1, 0.15) is 18.1 Å². The molecule has 1 saturated carbocycles. The van der Waals surface area contributed by atoms with Crippen LogP contribution in [0.25, 0.3) is 0 Å². The molecule has 2 N–H and O–H groups in total. The van der Waals surface area contributed by atoms with Gasteiger partial charge in [-0.3, -0.25) is 4.79 Å². The molecule has 5 nitrogen and oxygen atoms in total. The van der Waals surface area contributed by atoms with E-state index in [1.54, 1.807) is 29.2 Å². The van der Waals surface area contributed by atoms with Gasteiger partial charge in [0.25, 0.3) is 0 Å². The average Bonchev–Trinajstić information content (AvgIpc) is 3.49. The summed E-state index contributed by atoms with van der Waals surface area (Å²) in [6.45, 7) is 1.82. The van der Waals surface area contributed by atoms with Crippen LogP contribution < -0.4 is 15.0 Å². The van der Waals surface area contributed by atoms with E-state index in [9.17, 15) is 18.0 Å². The monoisotopic (exact) mass is 450 g/mol. The molecule has 32 heavy (non-hydrogen) atoms. The Labute approximate surface area is 186 Å². The highest BCUT2D eigenvalue weighted by molar-refractivity contribution is 5.95. The first-order valence-electron chi connectivity index (χ1n) is 10.8. The summed E-state index contributed by atoms with van der Waals surface area (Å²) in [5.74, 6) is 1.89. The fraction of sp³-hybridized carbons (Fsp3) is 0.458. The van der Waals surface area contributed by atoms with Crippen LogP contribution in [0.4, 0.5) is 18.9 Å². The Hall–Kier alpha value is -2.74. The van der Waals surface area contributed by atoms with E-state index in [0.717, 1.165) is 30.1 Å². The molecule has 0 atom stereocenters. The zero-order valence-corrected chi connectivity index (χ0v) is 18.1. The minimum atomic E-state index is -4.21. The van der Waals surface area contributed by atoms with E-state index >= 15 is 0 Å². The fourth-order valence-corrected chi connectivity index (χ4v) is 3.51. The van der Waals surface area contributed by atoms with Crippen LogP contribution in [0, 0.1) is 6.92 Å². The van der Waals surface area contributed by atoms with Gasteiger partial charge in [0.15, 0.2) is 0 Å². The van der Waals surface area contributed by atoms with Crippen molar-refractivity contribution in [2.24, 2.45) is 0 Å². The van der Waals surface area contributed by atoms with Crippen LogP contribution in [0.3, 0.4) is 0 Å². The van der Waals surface area contributed by atoms with Crippen molar-refractivity contribution in [1.29, 1.82) is 0 Å². The van der Waals surface area contributed by atoms with Gasteiger partial charge < -0.3 is 20.1 Å². The standard InChI is InChI=1S/C15H19F3N2O2.C9H10O/c1-11-9-12(20-7-2-3-14(20)21)4-5-13(11)22-8-6-19-10-15(16,17)18;10-9-5-3-8(4-6-9)7-1-2-7/h4-5,9,19H,2-3,6-8,10H2,1H3;3-7,10H,1-2H2. The maximum atomic E-state index is 12.0. The number of alkyl halides is 3. The van der Waals surface area contributed by atoms with Crippen molar-refractivity contribution in [3.8, 4) is 11.5 Å². The van der Waals surface area contributed by atoms with Gasteiger partial charge in [0, 0.05) is 25.2 Å². The van der Waals surface area contributed by atoms with Crippen molar-refractivity contribution in [2.75, 3.05) is 31.1 Å². The van der Waals surface area contributed by atoms with Gasteiger partial charge in [-0.1, -0.05) is 12.1 Å². The molecule has 0 aromatic heterocycles. The van der Waals surface area contributed by atoms with Crippen LogP contribution in [0.1, 0.15) is 42.7 Å². The first kappa shape index (κ1) is 23.9. The van der Waals surface area contributed by atoms with Crippen molar-refractivity contribution in [2.45, 2.75) is 44.7 Å². The minimum absolute atomic E-state index is 0.115. The topological polar surface area (TPSA) is 61.8 Å². The highest BCUT2D eigenvalue weighted by Crippen LogP contribution is 2.40. The number of carbonyl (C=O) groups is 1. The van der Waals surface area contributed by atoms with E-state index in [4.69, 9.17) is 9.84 Å². The van der Waals surface area contributed by atoms with Gasteiger partial charge >= 0.3 is 6.18 Å². The number of carbonyl (C=O) groups excluding carboxylic acids is 1. The number of hydrogen-bond donors (Lipinski definition) is 2. The number of halogens is 3. The number of phenols is 1. The maximum absolute atomic E-state index is 12.0. The SMILES string of the molecule is Cc1cc(N2CCCC2=O)ccc1OCCNCC(F)(F)F.Oc1ccc(C2CC2)cc1. The molecular weight excluding hydrogens is 421 g/mol. The molecule has 1 aliphatic heterocycles. The molecule has 2 aromatic carbocycles. The number of aromatic hydroxyl groups is 1. The highest BCUT2D eigenvalue weighted by Gasteiger charge is 2.26. The Bertz CT molecular complexity index is 896. The summed E-state index contributed by atoms with van der Waals surface area (Å²) in [5.41, 5.74) is 3.06. The summed E-state index contributed by atoms with van der Waals surface area (Å²) in [7, 11) is 0. The van der Waals surface area contributed by atoms with Crippen LogP contribution in [-0.2, 0) is 4.79 Å². The number of nitrogens with one attached hydrogen (secondary N) is 1. The lowest BCUT2D eigenvalue weighted by Gasteiger charge is -2.18. The van der Waals surface area contributed by atoms with Crippen LogP contribution in [-0.4, -0.2) is 43.4 Å². The van der Waals surface area contributed by atoms with E-state index in [1.807, 2.05) is 25.1 Å². The number of benzene rings is 2. The number of amides is 1. The van der Waals surface area contributed by atoms with Gasteiger partial charge in [-0.25, -0.2) is 0 Å². The summed E-state index contributed by atoms with van der Waals surface area (Å²) < 4.78 is 41.3. The molecule has 0 spiro atoms.